The van der Waals surface area contributed by atoms with Crippen LogP contribution in [0.3, 0.4) is 0 Å². The highest BCUT2D eigenvalue weighted by Gasteiger charge is 2.06. The molecule has 1 rings (SSSR count). The summed E-state index contributed by atoms with van der Waals surface area (Å²) in [6.07, 6.45) is 0. The van der Waals surface area contributed by atoms with E-state index in [0.717, 1.165) is 5.56 Å². The molecule has 0 fully saturated rings. The Bertz CT molecular complexity index is 377. The largest absolute Gasteiger partial charge is 0.330 e. The fourth-order valence-electron chi connectivity index (χ4n) is 0.959. The van der Waals surface area contributed by atoms with Gasteiger partial charge >= 0.3 is 0 Å². The molecule has 17 heavy (non-hydrogen) atoms. The number of nitrogens with two attached hydrogens (primary N) is 1. The molecule has 2 nitrogen and oxygen atoms in total. The van der Waals surface area contributed by atoms with Crippen LogP contribution in [-0.4, -0.2) is 16.7 Å². The molecule has 0 aliphatic carbocycles. The van der Waals surface area contributed by atoms with Crippen molar-refractivity contribution in [1.82, 2.24) is 0 Å². The van der Waals surface area contributed by atoms with Crippen LogP contribution in [0.25, 0.3) is 0 Å². The first kappa shape index (κ1) is 17.4. The summed E-state index contributed by atoms with van der Waals surface area (Å²) in [5, 5.41) is 1.19. The maximum absolute atomic E-state index is 11.4. The molecule has 0 radical (unpaired) electrons. The number of halogens is 3. The molecule has 0 aromatic heterocycles. The summed E-state index contributed by atoms with van der Waals surface area (Å²) in [4.78, 5) is 11.4. The maximum atomic E-state index is 11.4. The average molecular weight is 333 g/mol. The monoisotopic (exact) mass is 331 g/mol. The molecule has 7 heteroatoms. The Kier molecular flexibility index (Phi) is 9.59. The molecule has 0 saturated heterocycles. The van der Waals surface area contributed by atoms with Gasteiger partial charge in [-0.05, 0) is 17.7 Å². The van der Waals surface area contributed by atoms with Gasteiger partial charge in [-0.15, -0.1) is 12.4 Å². The number of hydrogen-bond donors (Lipinski definition) is 1. The Hall–Kier alpha value is 0.420. The van der Waals surface area contributed by atoms with Crippen molar-refractivity contribution < 1.29 is 4.79 Å². The van der Waals surface area contributed by atoms with Crippen molar-refractivity contribution in [3.05, 3.63) is 33.8 Å². The van der Waals surface area contributed by atoms with E-state index >= 15 is 0 Å². The number of thioether (sulfide) groups is 2. The van der Waals surface area contributed by atoms with Crippen LogP contribution in [0.4, 0.5) is 4.79 Å². The van der Waals surface area contributed by atoms with Gasteiger partial charge in [-0.1, -0.05) is 52.8 Å². The second-order valence-electron chi connectivity index (χ2n) is 2.91. The molecule has 0 aliphatic rings. The molecule has 0 aliphatic heterocycles. The lowest BCUT2D eigenvalue weighted by atomic mass is 10.2. The molecule has 0 atom stereocenters. The summed E-state index contributed by atoms with van der Waals surface area (Å²) >= 11 is 14.2. The predicted molar refractivity (Wildman–Crippen MR) is 81.9 cm³/mol. The molecule has 0 heterocycles. The summed E-state index contributed by atoms with van der Waals surface area (Å²) in [6, 6.07) is 5.27. The molecule has 0 amide bonds. The van der Waals surface area contributed by atoms with Gasteiger partial charge in [0.1, 0.15) is 0 Å². The number of carbonyl (C=O) groups is 1. The summed E-state index contributed by atoms with van der Waals surface area (Å²) in [6.45, 7) is 0.513. The smallest absolute Gasteiger partial charge is 0.246 e. The van der Waals surface area contributed by atoms with Gasteiger partial charge in [0.25, 0.3) is 0 Å². The molecule has 0 bridgehead atoms. The average Bonchev–Trinajstić information content (AvgIpc) is 2.25. The first-order valence-corrected chi connectivity index (χ1v) is 7.29. The molecule has 2 N–H and O–H groups in total. The Morgan fingerprint density at radius 2 is 2.00 bits per heavy atom. The Balaban J connectivity index is 0.00000256. The first-order chi connectivity index (χ1) is 7.63. The lowest BCUT2D eigenvalue weighted by Gasteiger charge is -2.03. The molecule has 0 spiro atoms. The van der Waals surface area contributed by atoms with Crippen molar-refractivity contribution in [2.24, 2.45) is 5.73 Å². The normalized spacial score (nSPS) is 9.82. The van der Waals surface area contributed by atoms with Crippen LogP contribution >= 0.6 is 59.1 Å². The third-order valence-electron chi connectivity index (χ3n) is 1.70. The van der Waals surface area contributed by atoms with E-state index in [1.807, 2.05) is 6.07 Å². The fourth-order valence-corrected chi connectivity index (χ4v) is 3.08. The van der Waals surface area contributed by atoms with Crippen LogP contribution in [0.15, 0.2) is 18.2 Å². The van der Waals surface area contributed by atoms with Crippen molar-refractivity contribution in [3.63, 3.8) is 0 Å². The Labute approximate surface area is 125 Å². The van der Waals surface area contributed by atoms with E-state index in [2.05, 4.69) is 0 Å². The summed E-state index contributed by atoms with van der Waals surface area (Å²) < 4.78 is 0.0662. The molecular formula is C10H12Cl3NOS2. The minimum Gasteiger partial charge on any atom is -0.330 e. The first-order valence-electron chi connectivity index (χ1n) is 4.57. The van der Waals surface area contributed by atoms with E-state index in [1.54, 1.807) is 12.1 Å². The summed E-state index contributed by atoms with van der Waals surface area (Å²) in [7, 11) is 0. The standard InChI is InChI=1S/C10H11Cl2NOS2.ClH/c11-8-2-1-7(9(12)5-8)6-16-10(14)15-4-3-13;/h1-2,5H,3-4,6,13H2;1H. The number of carbonyl (C=O) groups excluding carboxylic acids is 1. The van der Waals surface area contributed by atoms with E-state index in [1.165, 1.54) is 23.5 Å². The van der Waals surface area contributed by atoms with Gasteiger partial charge in [-0.3, -0.25) is 4.79 Å². The molecule has 96 valence electrons. The zero-order valence-corrected chi connectivity index (χ0v) is 12.8. The highest BCUT2D eigenvalue weighted by Crippen LogP contribution is 2.27. The van der Waals surface area contributed by atoms with Crippen molar-refractivity contribution in [2.75, 3.05) is 12.3 Å². The molecular weight excluding hydrogens is 321 g/mol. The van der Waals surface area contributed by atoms with Gasteiger partial charge in [0.05, 0.1) is 0 Å². The van der Waals surface area contributed by atoms with Gasteiger partial charge < -0.3 is 5.73 Å². The van der Waals surface area contributed by atoms with E-state index in [0.29, 0.717) is 28.1 Å². The SMILES string of the molecule is Cl.NCCSC(=O)SCc1ccc(Cl)cc1Cl. The highest BCUT2D eigenvalue weighted by atomic mass is 35.5. The van der Waals surface area contributed by atoms with E-state index in [-0.39, 0.29) is 16.9 Å². The van der Waals surface area contributed by atoms with Gasteiger partial charge in [0, 0.05) is 28.1 Å². The van der Waals surface area contributed by atoms with Gasteiger partial charge in [-0.2, -0.15) is 0 Å². The second-order valence-corrected chi connectivity index (χ2v) is 6.03. The maximum Gasteiger partial charge on any atom is 0.246 e. The van der Waals surface area contributed by atoms with E-state index < -0.39 is 0 Å². The molecule has 0 saturated carbocycles. The molecule has 1 aromatic carbocycles. The van der Waals surface area contributed by atoms with Crippen LogP contribution in [0.2, 0.25) is 10.0 Å². The third-order valence-corrected chi connectivity index (χ3v) is 4.36. The quantitative estimate of drug-likeness (QED) is 0.884. The lowest BCUT2D eigenvalue weighted by molar-refractivity contribution is 0.276. The third kappa shape index (κ3) is 6.79. The topological polar surface area (TPSA) is 43.1 Å². The van der Waals surface area contributed by atoms with Gasteiger partial charge in [0.2, 0.25) is 4.45 Å². The van der Waals surface area contributed by atoms with Crippen LogP contribution in [0.1, 0.15) is 5.56 Å². The van der Waals surface area contributed by atoms with E-state index in [4.69, 9.17) is 28.9 Å². The summed E-state index contributed by atoms with van der Waals surface area (Å²) in [5.41, 5.74) is 6.22. The van der Waals surface area contributed by atoms with Crippen LogP contribution in [-0.2, 0) is 5.75 Å². The Morgan fingerprint density at radius 3 is 2.59 bits per heavy atom. The van der Waals surface area contributed by atoms with Crippen LogP contribution in [0, 0.1) is 0 Å². The molecule has 1 aromatic rings. The zero-order chi connectivity index (χ0) is 12.0. The van der Waals surface area contributed by atoms with Crippen molar-refractivity contribution in [1.29, 1.82) is 0 Å². The Morgan fingerprint density at radius 1 is 1.29 bits per heavy atom. The predicted octanol–water partition coefficient (Wildman–Crippen LogP) is 4.46. The number of rotatable bonds is 4. The van der Waals surface area contributed by atoms with Crippen LogP contribution in [0.5, 0.6) is 0 Å². The van der Waals surface area contributed by atoms with Gasteiger partial charge in [0.15, 0.2) is 0 Å². The summed E-state index contributed by atoms with van der Waals surface area (Å²) in [5.74, 6) is 1.21. The highest BCUT2D eigenvalue weighted by molar-refractivity contribution is 8.38. The zero-order valence-electron chi connectivity index (χ0n) is 8.82. The minimum absolute atomic E-state index is 0. The van der Waals surface area contributed by atoms with Crippen molar-refractivity contribution in [2.45, 2.75) is 5.75 Å². The van der Waals surface area contributed by atoms with Crippen LogP contribution < -0.4 is 5.73 Å². The molecule has 0 unspecified atom stereocenters. The number of benzene rings is 1. The lowest BCUT2D eigenvalue weighted by Crippen LogP contribution is -2.02. The minimum atomic E-state index is 0. The fraction of sp³-hybridized carbons (Fsp3) is 0.300. The van der Waals surface area contributed by atoms with Gasteiger partial charge in [-0.25, -0.2) is 0 Å². The van der Waals surface area contributed by atoms with E-state index in [9.17, 15) is 4.79 Å². The second kappa shape index (κ2) is 9.36. The van der Waals surface area contributed by atoms with Crippen molar-refractivity contribution in [3.8, 4) is 0 Å². The van der Waals surface area contributed by atoms with Crippen molar-refractivity contribution >= 4 is 63.6 Å². The number of hydrogen-bond acceptors (Lipinski definition) is 4.